The van der Waals surface area contributed by atoms with Gasteiger partial charge in [-0.25, -0.2) is 18.1 Å². The summed E-state index contributed by atoms with van der Waals surface area (Å²) in [6, 6.07) is 1.42. The number of rotatable bonds is 6. The molecular weight excluding hydrogens is 286 g/mol. The van der Waals surface area contributed by atoms with Gasteiger partial charge in [0, 0.05) is 19.3 Å². The molecule has 2 N–H and O–H groups in total. The minimum absolute atomic E-state index is 0.100. The molecule has 1 aliphatic rings. The first kappa shape index (κ1) is 14.6. The normalized spacial score (nSPS) is 17.2. The zero-order valence-corrected chi connectivity index (χ0v) is 12.6. The summed E-state index contributed by atoms with van der Waals surface area (Å²) in [6.45, 7) is 5.12. The van der Waals surface area contributed by atoms with Gasteiger partial charge in [0.1, 0.15) is 10.7 Å². The third-order valence-electron chi connectivity index (χ3n) is 3.26. The molecule has 106 valence electrons. The third-order valence-corrected chi connectivity index (χ3v) is 4.92. The van der Waals surface area contributed by atoms with Crippen LogP contribution in [0.5, 0.6) is 0 Å². The summed E-state index contributed by atoms with van der Waals surface area (Å²) < 4.78 is 26.8. The van der Waals surface area contributed by atoms with Crippen LogP contribution in [0.4, 0.5) is 5.82 Å². The fraction of sp³-hybridized carbons (Fsp3) is 0.583. The summed E-state index contributed by atoms with van der Waals surface area (Å²) in [5, 5.41) is 3.27. The molecule has 0 unspecified atom stereocenters. The molecule has 1 saturated carbocycles. The van der Waals surface area contributed by atoms with Gasteiger partial charge in [-0.05, 0) is 31.2 Å². The van der Waals surface area contributed by atoms with E-state index in [9.17, 15) is 8.42 Å². The van der Waals surface area contributed by atoms with E-state index >= 15 is 0 Å². The van der Waals surface area contributed by atoms with Crippen molar-refractivity contribution in [3.05, 3.63) is 17.3 Å². The molecule has 1 aromatic heterocycles. The monoisotopic (exact) mass is 303 g/mol. The van der Waals surface area contributed by atoms with E-state index in [1.807, 2.05) is 6.92 Å². The fourth-order valence-electron chi connectivity index (χ4n) is 1.61. The first-order chi connectivity index (χ1) is 8.86. The molecule has 0 aromatic carbocycles. The van der Waals surface area contributed by atoms with Crippen molar-refractivity contribution in [2.45, 2.75) is 31.6 Å². The lowest BCUT2D eigenvalue weighted by Gasteiger charge is -2.12. The molecule has 0 aliphatic heterocycles. The van der Waals surface area contributed by atoms with Crippen LogP contribution in [-0.4, -0.2) is 26.5 Å². The largest absolute Gasteiger partial charge is 0.369 e. The number of nitrogens with zero attached hydrogens (tertiary/aromatic N) is 1. The van der Waals surface area contributed by atoms with Crippen LogP contribution in [0, 0.1) is 5.41 Å². The van der Waals surface area contributed by atoms with E-state index in [0.29, 0.717) is 23.9 Å². The molecule has 2 rings (SSSR count). The summed E-state index contributed by atoms with van der Waals surface area (Å²) in [5.74, 6) is 0.497. The number of pyridine rings is 1. The second kappa shape index (κ2) is 5.26. The van der Waals surface area contributed by atoms with Crippen LogP contribution in [0.25, 0.3) is 0 Å². The third kappa shape index (κ3) is 3.58. The molecule has 0 atom stereocenters. The van der Waals surface area contributed by atoms with Crippen LogP contribution in [0.3, 0.4) is 0 Å². The maximum Gasteiger partial charge on any atom is 0.242 e. The molecule has 0 spiro atoms. The van der Waals surface area contributed by atoms with E-state index in [1.165, 1.54) is 12.3 Å². The van der Waals surface area contributed by atoms with Gasteiger partial charge in [0.2, 0.25) is 10.0 Å². The molecule has 1 heterocycles. The van der Waals surface area contributed by atoms with Crippen molar-refractivity contribution in [2.75, 3.05) is 18.4 Å². The first-order valence-corrected chi connectivity index (χ1v) is 8.11. The number of halogens is 1. The summed E-state index contributed by atoms with van der Waals surface area (Å²) >= 11 is 6.00. The van der Waals surface area contributed by atoms with Crippen molar-refractivity contribution in [3.63, 3.8) is 0 Å². The van der Waals surface area contributed by atoms with Gasteiger partial charge in [0.25, 0.3) is 0 Å². The van der Waals surface area contributed by atoms with Crippen LogP contribution in [-0.2, 0) is 10.0 Å². The average Bonchev–Trinajstić information content (AvgIpc) is 3.09. The van der Waals surface area contributed by atoms with Gasteiger partial charge < -0.3 is 5.32 Å². The van der Waals surface area contributed by atoms with Gasteiger partial charge in [-0.3, -0.25) is 0 Å². The van der Waals surface area contributed by atoms with E-state index in [2.05, 4.69) is 21.9 Å². The maximum atomic E-state index is 12.1. The van der Waals surface area contributed by atoms with Gasteiger partial charge in [0.05, 0.1) is 5.02 Å². The highest BCUT2D eigenvalue weighted by Crippen LogP contribution is 2.44. The Labute approximate surface area is 118 Å². The molecule has 0 bridgehead atoms. The molecule has 19 heavy (non-hydrogen) atoms. The number of hydrogen-bond donors (Lipinski definition) is 2. The summed E-state index contributed by atoms with van der Waals surface area (Å²) in [7, 11) is -3.53. The Morgan fingerprint density at radius 2 is 2.16 bits per heavy atom. The van der Waals surface area contributed by atoms with Crippen LogP contribution in [0.2, 0.25) is 5.02 Å². The SMILES string of the molecule is CCNc1ncc(S(=O)(=O)NCC2(C)CC2)cc1Cl. The number of anilines is 1. The van der Waals surface area contributed by atoms with E-state index in [1.54, 1.807) is 0 Å². The van der Waals surface area contributed by atoms with E-state index < -0.39 is 10.0 Å². The highest BCUT2D eigenvalue weighted by Gasteiger charge is 2.38. The molecular formula is C12H18ClN3O2S. The van der Waals surface area contributed by atoms with Gasteiger partial charge in [-0.15, -0.1) is 0 Å². The average molecular weight is 304 g/mol. The highest BCUT2D eigenvalue weighted by molar-refractivity contribution is 7.89. The first-order valence-electron chi connectivity index (χ1n) is 6.25. The summed E-state index contributed by atoms with van der Waals surface area (Å²) in [6.07, 6.45) is 3.45. The standard InChI is InChI=1S/C12H18ClN3O2S/c1-3-14-11-10(13)6-9(7-15-11)19(17,18)16-8-12(2)4-5-12/h6-7,16H,3-5,8H2,1-2H3,(H,14,15). The number of nitrogens with one attached hydrogen (secondary N) is 2. The quantitative estimate of drug-likeness (QED) is 0.845. The minimum atomic E-state index is -3.53. The molecule has 1 aromatic rings. The molecule has 0 amide bonds. The summed E-state index contributed by atoms with van der Waals surface area (Å²) in [4.78, 5) is 4.13. The number of aromatic nitrogens is 1. The zero-order chi connectivity index (χ0) is 14.1. The minimum Gasteiger partial charge on any atom is -0.369 e. The lowest BCUT2D eigenvalue weighted by Crippen LogP contribution is -2.29. The van der Waals surface area contributed by atoms with Crippen molar-refractivity contribution in [3.8, 4) is 0 Å². The Kier molecular flexibility index (Phi) is 4.03. The predicted octanol–water partition coefficient (Wildman–Crippen LogP) is 2.25. The van der Waals surface area contributed by atoms with Crippen molar-refractivity contribution in [2.24, 2.45) is 5.41 Å². The van der Waals surface area contributed by atoms with Crippen LogP contribution >= 0.6 is 11.6 Å². The Hall–Kier alpha value is -0.850. The van der Waals surface area contributed by atoms with E-state index in [4.69, 9.17) is 11.6 Å². The predicted molar refractivity (Wildman–Crippen MR) is 75.9 cm³/mol. The Morgan fingerprint density at radius 1 is 1.47 bits per heavy atom. The summed E-state index contributed by atoms with van der Waals surface area (Å²) in [5.41, 5.74) is 0.119. The Bertz CT molecular complexity index is 570. The van der Waals surface area contributed by atoms with Crippen LogP contribution in [0.15, 0.2) is 17.2 Å². The molecule has 7 heteroatoms. The molecule has 1 fully saturated rings. The highest BCUT2D eigenvalue weighted by atomic mass is 35.5. The van der Waals surface area contributed by atoms with Crippen molar-refractivity contribution in [1.82, 2.24) is 9.71 Å². The lowest BCUT2D eigenvalue weighted by molar-refractivity contribution is 0.530. The van der Waals surface area contributed by atoms with Gasteiger partial charge >= 0.3 is 0 Å². The number of hydrogen-bond acceptors (Lipinski definition) is 4. The van der Waals surface area contributed by atoms with Crippen molar-refractivity contribution in [1.29, 1.82) is 0 Å². The molecule has 0 radical (unpaired) electrons. The molecule has 0 saturated heterocycles. The molecule has 5 nitrogen and oxygen atoms in total. The fourth-order valence-corrected chi connectivity index (χ4v) is 3.08. The smallest absolute Gasteiger partial charge is 0.242 e. The topological polar surface area (TPSA) is 71.1 Å². The van der Waals surface area contributed by atoms with Gasteiger partial charge in [-0.2, -0.15) is 0 Å². The molecule has 1 aliphatic carbocycles. The second-order valence-electron chi connectivity index (χ2n) is 5.17. The van der Waals surface area contributed by atoms with Gasteiger partial charge in [-0.1, -0.05) is 18.5 Å². The van der Waals surface area contributed by atoms with Crippen molar-refractivity contribution < 1.29 is 8.42 Å². The van der Waals surface area contributed by atoms with Gasteiger partial charge in [0.15, 0.2) is 0 Å². The second-order valence-corrected chi connectivity index (χ2v) is 7.34. The van der Waals surface area contributed by atoms with Crippen LogP contribution < -0.4 is 10.0 Å². The van der Waals surface area contributed by atoms with Crippen molar-refractivity contribution >= 4 is 27.4 Å². The Morgan fingerprint density at radius 3 is 2.68 bits per heavy atom. The van der Waals surface area contributed by atoms with Crippen LogP contribution in [0.1, 0.15) is 26.7 Å². The lowest BCUT2D eigenvalue weighted by atomic mass is 10.2. The van der Waals surface area contributed by atoms with E-state index in [0.717, 1.165) is 12.8 Å². The zero-order valence-electron chi connectivity index (χ0n) is 11.0. The van der Waals surface area contributed by atoms with E-state index in [-0.39, 0.29) is 10.3 Å². The maximum absolute atomic E-state index is 12.1. The Balaban J connectivity index is 2.13. The number of sulfonamides is 1.